The minimum atomic E-state index is -0.801. The molecule has 0 spiro atoms. The summed E-state index contributed by atoms with van der Waals surface area (Å²) in [5.74, 6) is 1.59. The largest absolute Gasteiger partial charge is 0.491 e. The van der Waals surface area contributed by atoms with Gasteiger partial charge in [0, 0.05) is 20.6 Å². The lowest BCUT2D eigenvalue weighted by atomic mass is 10.1. The van der Waals surface area contributed by atoms with E-state index in [9.17, 15) is 9.90 Å². The van der Waals surface area contributed by atoms with Crippen molar-refractivity contribution in [1.82, 2.24) is 24.4 Å². The predicted octanol–water partition coefficient (Wildman–Crippen LogP) is 3.16. The first kappa shape index (κ1) is 21.9. The zero-order valence-electron chi connectivity index (χ0n) is 19.2. The van der Waals surface area contributed by atoms with E-state index in [1.807, 2.05) is 66.7 Å². The van der Waals surface area contributed by atoms with Crippen LogP contribution in [0.25, 0.3) is 22.1 Å². The number of fused-ring (bicyclic) bond motifs is 2. The second kappa shape index (κ2) is 9.17. The van der Waals surface area contributed by atoms with E-state index in [0.717, 1.165) is 33.5 Å². The first-order chi connectivity index (χ1) is 16.5. The van der Waals surface area contributed by atoms with Crippen LogP contribution in [0.1, 0.15) is 23.1 Å². The van der Waals surface area contributed by atoms with Gasteiger partial charge in [-0.2, -0.15) is 0 Å². The van der Waals surface area contributed by atoms with Crippen molar-refractivity contribution in [2.75, 3.05) is 6.61 Å². The Morgan fingerprint density at radius 3 is 2.56 bits per heavy atom. The molecule has 0 amide bonds. The molecule has 5 rings (SSSR count). The van der Waals surface area contributed by atoms with Crippen LogP contribution in [0.15, 0.2) is 71.5 Å². The van der Waals surface area contributed by atoms with E-state index >= 15 is 0 Å². The highest BCUT2D eigenvalue weighted by Crippen LogP contribution is 2.21. The third-order valence-corrected chi connectivity index (χ3v) is 6.07. The summed E-state index contributed by atoms with van der Waals surface area (Å²) in [5, 5.41) is 14.0. The molecule has 3 aromatic carbocycles. The number of aromatic amines is 1. The molecule has 1 atom stereocenters. The van der Waals surface area contributed by atoms with Crippen LogP contribution in [0, 0.1) is 0 Å². The van der Waals surface area contributed by atoms with Gasteiger partial charge >= 0.3 is 5.69 Å². The van der Waals surface area contributed by atoms with Crippen molar-refractivity contribution >= 4 is 22.1 Å². The van der Waals surface area contributed by atoms with Crippen molar-refractivity contribution in [1.29, 1.82) is 0 Å². The van der Waals surface area contributed by atoms with Crippen LogP contribution in [0.4, 0.5) is 0 Å². The molecule has 0 aliphatic rings. The van der Waals surface area contributed by atoms with Crippen LogP contribution in [-0.4, -0.2) is 30.8 Å². The summed E-state index contributed by atoms with van der Waals surface area (Å²) in [4.78, 5) is 20.0. The molecule has 0 fully saturated rings. The number of hydrogen-bond acceptors (Lipinski definition) is 5. The first-order valence-electron chi connectivity index (χ1n) is 11.2. The number of rotatable bonds is 8. The molecule has 0 aliphatic carbocycles. The number of aromatic nitrogens is 4. The maximum atomic E-state index is 12.1. The van der Waals surface area contributed by atoms with E-state index in [1.54, 1.807) is 23.2 Å². The normalized spacial score (nSPS) is 12.4. The summed E-state index contributed by atoms with van der Waals surface area (Å²) in [5.41, 5.74) is 5.36. The number of imidazole rings is 2. The Morgan fingerprint density at radius 1 is 1.00 bits per heavy atom. The van der Waals surface area contributed by atoms with Crippen LogP contribution < -0.4 is 15.7 Å². The zero-order chi connectivity index (χ0) is 23.7. The summed E-state index contributed by atoms with van der Waals surface area (Å²) >= 11 is 0. The average molecular weight is 458 g/mol. The summed E-state index contributed by atoms with van der Waals surface area (Å²) < 4.78 is 8.97. The third-order valence-electron chi connectivity index (χ3n) is 6.07. The molecule has 2 heterocycles. The highest BCUT2D eigenvalue weighted by molar-refractivity contribution is 5.77. The predicted molar refractivity (Wildman–Crippen MR) is 132 cm³/mol. The lowest BCUT2D eigenvalue weighted by molar-refractivity contribution is 0.108. The van der Waals surface area contributed by atoms with E-state index in [2.05, 4.69) is 15.3 Å². The fourth-order valence-electron chi connectivity index (χ4n) is 4.12. The van der Waals surface area contributed by atoms with E-state index in [0.29, 0.717) is 24.4 Å². The summed E-state index contributed by atoms with van der Waals surface area (Å²) in [6, 6.07) is 21.3. The van der Waals surface area contributed by atoms with Crippen molar-refractivity contribution in [2.24, 2.45) is 14.1 Å². The second-order valence-corrected chi connectivity index (χ2v) is 8.42. The average Bonchev–Trinajstić information content (AvgIpc) is 3.37. The van der Waals surface area contributed by atoms with Crippen LogP contribution in [0.2, 0.25) is 0 Å². The van der Waals surface area contributed by atoms with Crippen molar-refractivity contribution in [2.45, 2.75) is 19.2 Å². The fraction of sp³-hybridized carbons (Fsp3) is 0.231. The number of benzene rings is 3. The SMILES string of the molecule is Cn1c(=O)n(C)c2cc([C@@H](O)COc3ccc(CNCc4nc5ccccc5[nH]4)cc3)ccc21. The lowest BCUT2D eigenvalue weighted by Gasteiger charge is -2.13. The maximum absolute atomic E-state index is 12.1. The molecule has 3 N–H and O–H groups in total. The van der Waals surface area contributed by atoms with Gasteiger partial charge in [0.05, 0.1) is 28.6 Å². The number of nitrogens with zero attached hydrogens (tertiary/aromatic N) is 3. The number of aryl methyl sites for hydroxylation is 2. The fourth-order valence-corrected chi connectivity index (χ4v) is 4.12. The molecule has 0 aliphatic heterocycles. The molecule has 2 aromatic heterocycles. The number of aliphatic hydroxyl groups excluding tert-OH is 1. The van der Waals surface area contributed by atoms with Gasteiger partial charge in [-0.25, -0.2) is 9.78 Å². The number of nitrogens with one attached hydrogen (secondary N) is 2. The molecular weight excluding hydrogens is 430 g/mol. The number of para-hydroxylation sites is 2. The molecule has 8 nitrogen and oxygen atoms in total. The highest BCUT2D eigenvalue weighted by Gasteiger charge is 2.13. The van der Waals surface area contributed by atoms with Crippen molar-refractivity contribution in [3.8, 4) is 5.75 Å². The van der Waals surface area contributed by atoms with Gasteiger partial charge in [-0.3, -0.25) is 9.13 Å². The smallest absolute Gasteiger partial charge is 0.328 e. The van der Waals surface area contributed by atoms with Crippen molar-refractivity contribution < 1.29 is 9.84 Å². The maximum Gasteiger partial charge on any atom is 0.328 e. The van der Waals surface area contributed by atoms with Crippen molar-refractivity contribution in [3.63, 3.8) is 0 Å². The Bertz CT molecular complexity index is 1460. The summed E-state index contributed by atoms with van der Waals surface area (Å²) in [7, 11) is 3.46. The van der Waals surface area contributed by atoms with Gasteiger partial charge in [0.15, 0.2) is 0 Å². The van der Waals surface area contributed by atoms with E-state index in [4.69, 9.17) is 4.74 Å². The molecule has 0 saturated carbocycles. The Balaban J connectivity index is 1.14. The van der Waals surface area contributed by atoms with Crippen LogP contribution in [0.3, 0.4) is 0 Å². The van der Waals surface area contributed by atoms with Crippen LogP contribution >= 0.6 is 0 Å². The van der Waals surface area contributed by atoms with Gasteiger partial charge in [-0.05, 0) is 47.5 Å². The second-order valence-electron chi connectivity index (χ2n) is 8.42. The monoisotopic (exact) mass is 457 g/mol. The molecule has 5 aromatic rings. The zero-order valence-corrected chi connectivity index (χ0v) is 19.2. The Kier molecular flexibility index (Phi) is 5.91. The van der Waals surface area contributed by atoms with E-state index in [1.165, 1.54) is 0 Å². The van der Waals surface area contributed by atoms with Gasteiger partial charge < -0.3 is 20.1 Å². The van der Waals surface area contributed by atoms with Crippen LogP contribution in [-0.2, 0) is 27.2 Å². The van der Waals surface area contributed by atoms with Crippen molar-refractivity contribution in [3.05, 3.63) is 94.2 Å². The molecule has 0 radical (unpaired) electrons. The van der Waals surface area contributed by atoms with E-state index in [-0.39, 0.29) is 12.3 Å². The van der Waals surface area contributed by atoms with Gasteiger partial charge in [-0.15, -0.1) is 0 Å². The van der Waals surface area contributed by atoms with Gasteiger partial charge in [0.25, 0.3) is 0 Å². The molecule has 174 valence electrons. The molecule has 0 unspecified atom stereocenters. The number of hydrogen-bond donors (Lipinski definition) is 3. The number of ether oxygens (including phenoxy) is 1. The topological polar surface area (TPSA) is 97.1 Å². The first-order valence-corrected chi connectivity index (χ1v) is 11.2. The highest BCUT2D eigenvalue weighted by atomic mass is 16.5. The minimum Gasteiger partial charge on any atom is -0.491 e. The molecule has 0 bridgehead atoms. The van der Waals surface area contributed by atoms with Gasteiger partial charge in [0.2, 0.25) is 0 Å². The number of aliphatic hydroxyl groups is 1. The molecule has 8 heteroatoms. The third kappa shape index (κ3) is 4.33. The minimum absolute atomic E-state index is 0.0925. The Hall–Kier alpha value is -3.88. The Labute approximate surface area is 196 Å². The summed E-state index contributed by atoms with van der Waals surface area (Å²) in [6.45, 7) is 1.47. The quantitative estimate of drug-likeness (QED) is 0.333. The standard InChI is InChI=1S/C26H27N5O3/c1-30-22-12-9-18(13-23(22)31(2)26(30)33)24(32)16-34-19-10-7-17(8-11-19)14-27-15-25-28-20-5-3-4-6-21(20)29-25/h3-13,24,27,32H,14-16H2,1-2H3,(H,28,29)/t24-/m0/s1. The molecule has 0 saturated heterocycles. The van der Waals surface area contributed by atoms with Gasteiger partial charge in [0.1, 0.15) is 24.3 Å². The molecular formula is C26H27N5O3. The van der Waals surface area contributed by atoms with E-state index < -0.39 is 6.10 Å². The lowest BCUT2D eigenvalue weighted by Crippen LogP contribution is -2.19. The Morgan fingerprint density at radius 2 is 1.76 bits per heavy atom. The van der Waals surface area contributed by atoms with Crippen LogP contribution in [0.5, 0.6) is 5.75 Å². The number of H-pyrrole nitrogens is 1. The van der Waals surface area contributed by atoms with Gasteiger partial charge in [-0.1, -0.05) is 30.3 Å². The summed E-state index contributed by atoms with van der Waals surface area (Å²) in [6.07, 6.45) is -0.801. The molecule has 34 heavy (non-hydrogen) atoms.